The van der Waals surface area contributed by atoms with Crippen molar-refractivity contribution in [2.75, 3.05) is 79.2 Å². The monoisotopic (exact) mass is 583 g/mol. The minimum Gasteiger partial charge on any atom is -0.481 e. The van der Waals surface area contributed by atoms with Gasteiger partial charge in [-0.3, -0.25) is 9.59 Å². The number of hydrogen-bond donors (Lipinski definition) is 3. The number of aliphatic carboxylic acids is 1. The number of ether oxygens (including phenoxy) is 5. The zero-order chi connectivity index (χ0) is 28.4. The lowest BCUT2D eigenvalue weighted by Crippen LogP contribution is -2.30. The van der Waals surface area contributed by atoms with E-state index in [0.717, 1.165) is 33.6 Å². The van der Waals surface area contributed by atoms with Gasteiger partial charge >= 0.3 is 5.97 Å². The Bertz CT molecular complexity index is 760. The first-order valence-corrected chi connectivity index (χ1v) is 17.3. The quantitative estimate of drug-likeness (QED) is 0.103. The molecule has 221 valence electrons. The van der Waals surface area contributed by atoms with Gasteiger partial charge in [0, 0.05) is 29.0 Å². The van der Waals surface area contributed by atoms with Crippen molar-refractivity contribution in [1.29, 1.82) is 0 Å². The van der Waals surface area contributed by atoms with Gasteiger partial charge < -0.3 is 39.8 Å². The van der Waals surface area contributed by atoms with Gasteiger partial charge in [-0.2, -0.15) is 0 Å². The van der Waals surface area contributed by atoms with Crippen molar-refractivity contribution in [3.63, 3.8) is 0 Å². The predicted octanol–water partition coefficient (Wildman–Crippen LogP) is 1.12. The lowest BCUT2D eigenvalue weighted by atomic mass is 10.1. The highest BCUT2D eigenvalue weighted by molar-refractivity contribution is 6.72. The topological polar surface area (TPSA) is 139 Å². The molecule has 0 aliphatic heterocycles. The van der Waals surface area contributed by atoms with Crippen molar-refractivity contribution in [2.24, 2.45) is 5.73 Å². The molecular formula is C27H47N2O8Si2. The summed E-state index contributed by atoms with van der Waals surface area (Å²) in [6.07, 6.45) is 1.39. The molecule has 0 atom stereocenters. The summed E-state index contributed by atoms with van der Waals surface area (Å²) in [7, 11) is 0.158. The van der Waals surface area contributed by atoms with Crippen LogP contribution < -0.4 is 16.2 Å². The molecule has 12 heteroatoms. The maximum absolute atomic E-state index is 12.3. The summed E-state index contributed by atoms with van der Waals surface area (Å²) in [5.41, 5.74) is 6.35. The third-order valence-electron chi connectivity index (χ3n) is 5.52. The van der Waals surface area contributed by atoms with E-state index in [9.17, 15) is 9.59 Å². The Morgan fingerprint density at radius 3 is 2.08 bits per heavy atom. The number of carboxylic acid groups (broad SMARTS) is 1. The van der Waals surface area contributed by atoms with Crippen molar-refractivity contribution in [3.05, 3.63) is 29.8 Å². The van der Waals surface area contributed by atoms with Gasteiger partial charge in [0.25, 0.3) is 0 Å². The summed E-state index contributed by atoms with van der Waals surface area (Å²) in [5.74, 6) is -0.725. The lowest BCUT2D eigenvalue weighted by Gasteiger charge is -2.12. The minimum atomic E-state index is -0.712. The first kappa shape index (κ1) is 35.4. The van der Waals surface area contributed by atoms with Crippen LogP contribution in [-0.2, 0) is 39.7 Å². The third-order valence-corrected chi connectivity index (χ3v) is 9.63. The second-order valence-corrected chi connectivity index (χ2v) is 13.0. The molecule has 1 aromatic carbocycles. The van der Waals surface area contributed by atoms with Crippen molar-refractivity contribution in [1.82, 2.24) is 5.32 Å². The Morgan fingerprint density at radius 1 is 0.897 bits per heavy atom. The van der Waals surface area contributed by atoms with E-state index < -0.39 is 14.8 Å². The van der Waals surface area contributed by atoms with Crippen LogP contribution in [0.15, 0.2) is 24.3 Å². The molecule has 3 radical (unpaired) electrons. The van der Waals surface area contributed by atoms with E-state index in [0.29, 0.717) is 85.6 Å². The average molecular weight is 584 g/mol. The maximum atomic E-state index is 12.3. The summed E-state index contributed by atoms with van der Waals surface area (Å²) in [4.78, 5) is 22.9. The van der Waals surface area contributed by atoms with E-state index in [-0.39, 0.29) is 12.3 Å². The maximum Gasteiger partial charge on any atom is 0.303 e. The van der Waals surface area contributed by atoms with Gasteiger partial charge in [0.1, 0.15) is 0 Å². The van der Waals surface area contributed by atoms with Gasteiger partial charge in [-0.1, -0.05) is 54.1 Å². The van der Waals surface area contributed by atoms with Crippen molar-refractivity contribution in [3.8, 4) is 0 Å². The zero-order valence-corrected chi connectivity index (χ0v) is 25.4. The molecule has 39 heavy (non-hydrogen) atoms. The number of benzene rings is 1. The molecule has 0 fully saturated rings. The standard InChI is InChI=1S/C27H47N2O8Si2/c1-39(21-20-38-19-3-6-27(31)32)25-5-2-4-24(22-25)23-26(30)29-8-10-34-12-14-36-16-18-37-17-15-35-13-11-33-9-7-28/h2,4-5,22H,3,6-21,23,28H2,1H3,(H,29,30)(H,31,32). The molecule has 0 bridgehead atoms. The molecule has 10 nitrogen and oxygen atoms in total. The number of nitrogens with one attached hydrogen (secondary N) is 1. The number of nitrogens with two attached hydrogens (primary N) is 1. The van der Waals surface area contributed by atoms with Gasteiger partial charge in [-0.25, -0.2) is 0 Å². The van der Waals surface area contributed by atoms with Crippen LogP contribution >= 0.6 is 0 Å². The summed E-state index contributed by atoms with van der Waals surface area (Å²) in [6, 6.07) is 11.7. The Balaban J connectivity index is 1.99. The smallest absolute Gasteiger partial charge is 0.303 e. The third kappa shape index (κ3) is 21.8. The molecule has 0 heterocycles. The van der Waals surface area contributed by atoms with Gasteiger partial charge in [-0.05, 0) is 12.0 Å². The van der Waals surface area contributed by atoms with Gasteiger partial charge in [0.15, 0.2) is 0 Å². The summed E-state index contributed by atoms with van der Waals surface area (Å²) in [6.45, 7) is 8.31. The molecule has 1 aromatic rings. The average Bonchev–Trinajstić information content (AvgIpc) is 2.92. The van der Waals surface area contributed by atoms with E-state index in [1.807, 2.05) is 12.1 Å². The van der Waals surface area contributed by atoms with Gasteiger partial charge in [-0.15, -0.1) is 0 Å². The predicted molar refractivity (Wildman–Crippen MR) is 155 cm³/mol. The Morgan fingerprint density at radius 2 is 1.49 bits per heavy atom. The molecule has 0 aromatic heterocycles. The minimum absolute atomic E-state index is 0.0130. The van der Waals surface area contributed by atoms with Gasteiger partial charge in [0.05, 0.1) is 81.3 Å². The SMILES string of the molecule is C[Si](CC[Si]CCCC(=O)O)c1cccc(CC(=O)NCCOCCOCCOCCOCCOCCN)c1. The van der Waals surface area contributed by atoms with Crippen LogP contribution in [0.5, 0.6) is 0 Å². The molecule has 0 saturated carbocycles. The molecule has 1 rings (SSSR count). The molecule has 0 spiro atoms. The molecule has 0 aliphatic carbocycles. The molecule has 0 unspecified atom stereocenters. The molecule has 0 aliphatic rings. The summed E-state index contributed by atoms with van der Waals surface area (Å²) >= 11 is 0. The fraction of sp³-hybridized carbons (Fsp3) is 0.704. The second kappa shape index (κ2) is 25.3. The highest BCUT2D eigenvalue weighted by atomic mass is 28.3. The van der Waals surface area contributed by atoms with Crippen LogP contribution in [0, 0.1) is 0 Å². The summed E-state index contributed by atoms with van der Waals surface area (Å²) < 4.78 is 27.0. The first-order chi connectivity index (χ1) is 19.0. The van der Waals surface area contributed by atoms with Crippen LogP contribution in [0.1, 0.15) is 18.4 Å². The Kier molecular flexibility index (Phi) is 23.0. The highest BCUT2D eigenvalue weighted by Crippen LogP contribution is 2.06. The molecule has 1 amide bonds. The number of carbonyl (C=O) groups is 2. The fourth-order valence-corrected chi connectivity index (χ4v) is 7.42. The first-order valence-electron chi connectivity index (χ1n) is 13.7. The van der Waals surface area contributed by atoms with Crippen molar-refractivity contribution >= 4 is 35.4 Å². The van der Waals surface area contributed by atoms with E-state index >= 15 is 0 Å². The van der Waals surface area contributed by atoms with E-state index in [1.54, 1.807) is 0 Å². The number of hydrogen-bond acceptors (Lipinski definition) is 8. The number of carbonyl (C=O) groups excluding carboxylic acids is 1. The van der Waals surface area contributed by atoms with Gasteiger partial charge in [0.2, 0.25) is 5.91 Å². The largest absolute Gasteiger partial charge is 0.481 e. The van der Waals surface area contributed by atoms with E-state index in [2.05, 4.69) is 24.0 Å². The van der Waals surface area contributed by atoms with Crippen LogP contribution in [0.2, 0.25) is 24.7 Å². The van der Waals surface area contributed by atoms with Crippen LogP contribution in [0.25, 0.3) is 0 Å². The van der Waals surface area contributed by atoms with E-state index in [1.165, 1.54) is 11.2 Å². The highest BCUT2D eigenvalue weighted by Gasteiger charge is 2.10. The molecular weight excluding hydrogens is 536 g/mol. The van der Waals surface area contributed by atoms with Crippen LogP contribution in [-0.4, -0.2) is 114 Å². The van der Waals surface area contributed by atoms with Crippen molar-refractivity contribution in [2.45, 2.75) is 43.9 Å². The number of carboxylic acids is 1. The molecule has 0 saturated heterocycles. The Labute approximate surface area is 237 Å². The molecule has 4 N–H and O–H groups in total. The van der Waals surface area contributed by atoms with Crippen LogP contribution in [0.4, 0.5) is 0 Å². The van der Waals surface area contributed by atoms with E-state index in [4.69, 9.17) is 34.5 Å². The normalized spacial score (nSPS) is 11.3. The lowest BCUT2D eigenvalue weighted by molar-refractivity contribution is -0.137. The number of rotatable bonds is 27. The summed E-state index contributed by atoms with van der Waals surface area (Å²) in [5, 5.41) is 13.0. The second-order valence-electron chi connectivity index (χ2n) is 8.86. The fourth-order valence-electron chi connectivity index (χ4n) is 3.43. The Hall–Kier alpha value is -1.65. The van der Waals surface area contributed by atoms with Crippen molar-refractivity contribution < 1.29 is 38.4 Å². The number of amides is 1. The zero-order valence-electron chi connectivity index (χ0n) is 23.4. The van der Waals surface area contributed by atoms with Crippen LogP contribution in [0.3, 0.4) is 0 Å².